The Labute approximate surface area is 159 Å². The van der Waals surface area contributed by atoms with E-state index in [9.17, 15) is 16.8 Å². The number of nitrogens with zero attached hydrogens (tertiary/aromatic N) is 1. The van der Waals surface area contributed by atoms with Crippen LogP contribution < -0.4 is 0 Å². The monoisotopic (exact) mass is 357 g/mol. The van der Waals surface area contributed by atoms with Gasteiger partial charge in [0.05, 0.1) is 0 Å². The molecule has 0 aliphatic rings. The van der Waals surface area contributed by atoms with Crippen molar-refractivity contribution in [3.05, 3.63) is 0 Å². The minimum atomic E-state index is -4.14. The summed E-state index contributed by atoms with van der Waals surface area (Å²) < 4.78 is 59.0. The number of hydrogen-bond acceptors (Lipinski definition) is 7. The third-order valence-electron chi connectivity index (χ3n) is 1.55. The Balaban J connectivity index is -0.00000112. The maximum absolute atomic E-state index is 10.5. The van der Waals surface area contributed by atoms with Crippen LogP contribution in [0.4, 0.5) is 0 Å². The van der Waals surface area contributed by atoms with Gasteiger partial charge in [-0.2, -0.15) is 16.8 Å². The third-order valence-corrected chi connectivity index (χ3v) is 5.79. The SMILES string of the molecule is CN(C)C(CSS(=O)(=O)O)CSS(=O)(=O)O.[Na].[Na]. The first-order chi connectivity index (χ1) is 7.01. The van der Waals surface area contributed by atoms with E-state index in [0.29, 0.717) is 21.6 Å². The second-order valence-electron chi connectivity index (χ2n) is 3.04. The standard InChI is InChI=1S/C5H13NO6S4.2Na/c1-6(2)5(3-13-15(7,8)9)4-14-16(10,11)12;;/h5H,3-4H2,1-2H3,(H,7,8,9)(H,10,11,12);;. The van der Waals surface area contributed by atoms with Crippen LogP contribution in [-0.4, -0.2) is 122 Å². The van der Waals surface area contributed by atoms with E-state index >= 15 is 0 Å². The van der Waals surface area contributed by atoms with Crippen LogP contribution in [0.2, 0.25) is 0 Å². The summed E-state index contributed by atoms with van der Waals surface area (Å²) in [5.74, 6) is 0.0166. The summed E-state index contributed by atoms with van der Waals surface area (Å²) in [5.41, 5.74) is 0. The average molecular weight is 357 g/mol. The molecule has 0 aliphatic carbocycles. The van der Waals surface area contributed by atoms with Crippen molar-refractivity contribution in [1.82, 2.24) is 4.90 Å². The molecule has 0 bridgehead atoms. The molecule has 0 unspecified atom stereocenters. The summed E-state index contributed by atoms with van der Waals surface area (Å²) in [5, 5.41) is 0. The molecule has 0 aromatic carbocycles. The van der Waals surface area contributed by atoms with Crippen molar-refractivity contribution in [2.75, 3.05) is 25.6 Å². The van der Waals surface area contributed by atoms with E-state index in [1.807, 2.05) is 0 Å². The molecule has 0 aromatic heterocycles. The van der Waals surface area contributed by atoms with E-state index in [-0.39, 0.29) is 70.6 Å². The second kappa shape index (κ2) is 11.1. The van der Waals surface area contributed by atoms with Crippen LogP contribution in [0.15, 0.2) is 0 Å². The van der Waals surface area contributed by atoms with Gasteiger partial charge in [0, 0.05) is 76.7 Å². The smallest absolute Gasteiger partial charge is 0.305 e. The van der Waals surface area contributed by atoms with Gasteiger partial charge in [-0.05, 0) is 35.7 Å². The molecule has 100 valence electrons. The molecule has 0 saturated carbocycles. The topological polar surface area (TPSA) is 112 Å². The predicted octanol–water partition coefficient (Wildman–Crippen LogP) is -0.773. The van der Waals surface area contributed by atoms with Gasteiger partial charge in [-0.3, -0.25) is 9.11 Å². The van der Waals surface area contributed by atoms with E-state index in [1.54, 1.807) is 19.0 Å². The van der Waals surface area contributed by atoms with Gasteiger partial charge in [-0.1, -0.05) is 0 Å². The van der Waals surface area contributed by atoms with Crippen LogP contribution in [0, 0.1) is 0 Å². The second-order valence-corrected chi connectivity index (χ2v) is 9.83. The maximum atomic E-state index is 10.5. The zero-order chi connectivity index (χ0) is 13.0. The minimum absolute atomic E-state index is 0. The van der Waals surface area contributed by atoms with Gasteiger partial charge in [0.1, 0.15) is 0 Å². The fourth-order valence-corrected chi connectivity index (χ4v) is 4.29. The first-order valence-electron chi connectivity index (χ1n) is 3.91. The maximum Gasteiger partial charge on any atom is 0.319 e. The Kier molecular flexibility index (Phi) is 15.7. The molecular formula is C5H13NNa2O6S4. The third kappa shape index (κ3) is 16.5. The molecule has 7 nitrogen and oxygen atoms in total. The summed E-state index contributed by atoms with van der Waals surface area (Å²) in [4.78, 5) is 1.61. The Morgan fingerprint density at radius 1 is 0.944 bits per heavy atom. The Hall–Kier alpha value is 2.48. The van der Waals surface area contributed by atoms with Crippen LogP contribution in [0.5, 0.6) is 0 Å². The Morgan fingerprint density at radius 3 is 1.39 bits per heavy atom. The van der Waals surface area contributed by atoms with Crippen molar-refractivity contribution < 1.29 is 25.9 Å². The van der Waals surface area contributed by atoms with Gasteiger partial charge in [0.15, 0.2) is 0 Å². The van der Waals surface area contributed by atoms with Gasteiger partial charge >= 0.3 is 18.3 Å². The zero-order valence-electron chi connectivity index (χ0n) is 10.6. The number of rotatable bonds is 7. The number of hydrogen-bond donors (Lipinski definition) is 2. The molecule has 0 heterocycles. The van der Waals surface area contributed by atoms with E-state index in [4.69, 9.17) is 9.11 Å². The van der Waals surface area contributed by atoms with Crippen LogP contribution in [0.3, 0.4) is 0 Å². The first-order valence-corrected chi connectivity index (χ1v) is 9.80. The van der Waals surface area contributed by atoms with E-state index in [2.05, 4.69) is 0 Å². The van der Waals surface area contributed by atoms with E-state index in [0.717, 1.165) is 0 Å². The summed E-state index contributed by atoms with van der Waals surface area (Å²) in [6.45, 7) is 0. The van der Waals surface area contributed by atoms with Gasteiger partial charge < -0.3 is 4.90 Å². The molecule has 2 radical (unpaired) electrons. The van der Waals surface area contributed by atoms with Crippen LogP contribution >= 0.6 is 21.6 Å². The Morgan fingerprint density at radius 2 is 1.22 bits per heavy atom. The molecule has 13 heteroatoms. The zero-order valence-corrected chi connectivity index (χ0v) is 17.9. The molecule has 0 fully saturated rings. The fraction of sp³-hybridized carbons (Fsp3) is 1.00. The molecule has 0 aromatic rings. The van der Waals surface area contributed by atoms with Crippen molar-refractivity contribution in [1.29, 1.82) is 0 Å². The molecule has 0 amide bonds. The normalized spacial score (nSPS) is 12.1. The van der Waals surface area contributed by atoms with Crippen molar-refractivity contribution in [3.8, 4) is 0 Å². The van der Waals surface area contributed by atoms with Crippen molar-refractivity contribution in [2.45, 2.75) is 6.04 Å². The summed E-state index contributed by atoms with van der Waals surface area (Å²) in [7, 11) is -4.36. The molecule has 0 rings (SSSR count). The average Bonchev–Trinajstić information content (AvgIpc) is 1.98. The van der Waals surface area contributed by atoms with Crippen molar-refractivity contribution in [2.24, 2.45) is 0 Å². The molecule has 0 spiro atoms. The van der Waals surface area contributed by atoms with Crippen molar-refractivity contribution >= 4 is 99.0 Å². The molecule has 0 atom stereocenters. The largest absolute Gasteiger partial charge is 0.319 e. The fourth-order valence-electron chi connectivity index (χ4n) is 0.675. The summed E-state index contributed by atoms with van der Waals surface area (Å²) >= 11 is 0. The molecular weight excluding hydrogens is 344 g/mol. The van der Waals surface area contributed by atoms with Gasteiger partial charge in [-0.15, -0.1) is 0 Å². The summed E-state index contributed by atoms with van der Waals surface area (Å²) in [6.07, 6.45) is 0. The predicted molar refractivity (Wildman–Crippen MR) is 77.0 cm³/mol. The van der Waals surface area contributed by atoms with Gasteiger partial charge in [-0.25, -0.2) is 0 Å². The molecule has 0 saturated heterocycles. The van der Waals surface area contributed by atoms with Crippen LogP contribution in [-0.2, 0) is 18.3 Å². The minimum Gasteiger partial charge on any atom is -0.305 e. The first kappa shape index (κ1) is 25.4. The summed E-state index contributed by atoms with van der Waals surface area (Å²) in [6, 6.07) is -0.404. The van der Waals surface area contributed by atoms with Crippen molar-refractivity contribution in [3.63, 3.8) is 0 Å². The van der Waals surface area contributed by atoms with Gasteiger partial charge in [0.25, 0.3) is 0 Å². The van der Waals surface area contributed by atoms with E-state index < -0.39 is 24.3 Å². The molecule has 18 heavy (non-hydrogen) atoms. The quantitative estimate of drug-likeness (QED) is 0.344. The van der Waals surface area contributed by atoms with Crippen LogP contribution in [0.25, 0.3) is 0 Å². The molecule has 0 aliphatic heterocycles. The van der Waals surface area contributed by atoms with Crippen LogP contribution in [0.1, 0.15) is 0 Å². The molecule has 2 N–H and O–H groups in total. The van der Waals surface area contributed by atoms with E-state index in [1.165, 1.54) is 0 Å². The van der Waals surface area contributed by atoms with Gasteiger partial charge in [0.2, 0.25) is 0 Å². The Bertz CT molecular complexity index is 374.